The molecule has 1 heterocycles. The average molecular weight is 311 g/mol. The van der Waals surface area contributed by atoms with E-state index >= 15 is 0 Å². The Kier molecular flexibility index (Phi) is 5.43. The molecule has 2 aromatic rings. The maximum atomic E-state index is 6.13. The SMILES string of the molecule is CCOc1nc(NC)nc(SCc2ccccc2Cl)n1. The van der Waals surface area contributed by atoms with Crippen molar-refractivity contribution in [2.24, 2.45) is 0 Å². The van der Waals surface area contributed by atoms with Crippen LogP contribution in [0.5, 0.6) is 6.01 Å². The molecule has 20 heavy (non-hydrogen) atoms. The van der Waals surface area contributed by atoms with E-state index in [2.05, 4.69) is 20.3 Å². The zero-order valence-corrected chi connectivity index (χ0v) is 12.8. The summed E-state index contributed by atoms with van der Waals surface area (Å²) in [5.41, 5.74) is 1.04. The van der Waals surface area contributed by atoms with Crippen molar-refractivity contribution >= 4 is 29.3 Å². The summed E-state index contributed by atoms with van der Waals surface area (Å²) >= 11 is 7.62. The highest BCUT2D eigenvalue weighted by molar-refractivity contribution is 7.98. The maximum absolute atomic E-state index is 6.13. The molecule has 0 aliphatic heterocycles. The van der Waals surface area contributed by atoms with Crippen molar-refractivity contribution in [3.63, 3.8) is 0 Å². The number of thioether (sulfide) groups is 1. The van der Waals surface area contributed by atoms with E-state index in [1.807, 2.05) is 31.2 Å². The van der Waals surface area contributed by atoms with Gasteiger partial charge >= 0.3 is 6.01 Å². The summed E-state index contributed by atoms with van der Waals surface area (Å²) in [6, 6.07) is 8.05. The fraction of sp³-hybridized carbons (Fsp3) is 0.308. The Bertz CT molecular complexity index is 582. The van der Waals surface area contributed by atoms with E-state index in [1.165, 1.54) is 11.8 Å². The van der Waals surface area contributed by atoms with E-state index < -0.39 is 0 Å². The van der Waals surface area contributed by atoms with E-state index in [0.29, 0.717) is 29.5 Å². The number of benzene rings is 1. The fourth-order valence-electron chi connectivity index (χ4n) is 1.47. The van der Waals surface area contributed by atoms with Gasteiger partial charge in [-0.25, -0.2) is 0 Å². The summed E-state index contributed by atoms with van der Waals surface area (Å²) in [5, 5.41) is 4.24. The van der Waals surface area contributed by atoms with Crippen LogP contribution in [0.2, 0.25) is 5.02 Å². The van der Waals surface area contributed by atoms with Crippen LogP contribution in [0.1, 0.15) is 12.5 Å². The summed E-state index contributed by atoms with van der Waals surface area (Å²) < 4.78 is 5.32. The van der Waals surface area contributed by atoms with Crippen LogP contribution >= 0.6 is 23.4 Å². The van der Waals surface area contributed by atoms with Crippen LogP contribution in [0.15, 0.2) is 29.4 Å². The second-order valence-electron chi connectivity index (χ2n) is 3.79. The van der Waals surface area contributed by atoms with Crippen molar-refractivity contribution in [1.82, 2.24) is 15.0 Å². The molecule has 0 radical (unpaired) electrons. The molecule has 2 rings (SSSR count). The number of nitrogens with zero attached hydrogens (tertiary/aromatic N) is 3. The number of ether oxygens (including phenoxy) is 1. The fourth-order valence-corrected chi connectivity index (χ4v) is 2.58. The molecule has 0 unspecified atom stereocenters. The minimum Gasteiger partial charge on any atom is -0.464 e. The Labute approximate surface area is 127 Å². The standard InChI is InChI=1S/C13H15ClN4OS/c1-3-19-12-16-11(15-2)17-13(18-12)20-8-9-6-4-5-7-10(9)14/h4-7H,3,8H2,1-2H3,(H,15,16,17,18). The molecule has 0 saturated carbocycles. The van der Waals surface area contributed by atoms with Crippen molar-refractivity contribution in [1.29, 1.82) is 0 Å². The van der Waals surface area contributed by atoms with Gasteiger partial charge in [0.2, 0.25) is 5.95 Å². The first-order chi connectivity index (χ1) is 9.72. The number of hydrogen-bond donors (Lipinski definition) is 1. The highest BCUT2D eigenvalue weighted by Crippen LogP contribution is 2.25. The summed E-state index contributed by atoms with van der Waals surface area (Å²) in [6.07, 6.45) is 0. The van der Waals surface area contributed by atoms with Crippen molar-refractivity contribution in [3.05, 3.63) is 34.9 Å². The zero-order valence-electron chi connectivity index (χ0n) is 11.3. The summed E-state index contributed by atoms with van der Waals surface area (Å²) in [7, 11) is 1.76. The van der Waals surface area contributed by atoms with Gasteiger partial charge < -0.3 is 10.1 Å². The molecule has 0 bridgehead atoms. The van der Waals surface area contributed by atoms with Gasteiger partial charge in [-0.1, -0.05) is 41.6 Å². The Morgan fingerprint density at radius 3 is 2.75 bits per heavy atom. The third-order valence-corrected chi connectivity index (χ3v) is 3.67. The van der Waals surface area contributed by atoms with Crippen molar-refractivity contribution in [3.8, 4) is 6.01 Å². The molecule has 1 N–H and O–H groups in total. The molecule has 5 nitrogen and oxygen atoms in total. The van der Waals surface area contributed by atoms with E-state index in [-0.39, 0.29) is 0 Å². The Hall–Kier alpha value is -1.53. The Balaban J connectivity index is 2.12. The van der Waals surface area contributed by atoms with E-state index in [9.17, 15) is 0 Å². The van der Waals surface area contributed by atoms with Crippen LogP contribution in [0.4, 0.5) is 5.95 Å². The van der Waals surface area contributed by atoms with Gasteiger partial charge in [0.1, 0.15) is 0 Å². The maximum Gasteiger partial charge on any atom is 0.322 e. The average Bonchev–Trinajstić information content (AvgIpc) is 2.46. The van der Waals surface area contributed by atoms with Crippen LogP contribution in [0, 0.1) is 0 Å². The van der Waals surface area contributed by atoms with Crippen LogP contribution in [0.3, 0.4) is 0 Å². The van der Waals surface area contributed by atoms with Crippen LogP contribution in [-0.4, -0.2) is 28.6 Å². The quantitative estimate of drug-likeness (QED) is 0.826. The number of anilines is 1. The smallest absolute Gasteiger partial charge is 0.322 e. The molecule has 1 aromatic heterocycles. The molecular weight excluding hydrogens is 296 g/mol. The lowest BCUT2D eigenvalue weighted by atomic mass is 10.2. The van der Waals surface area contributed by atoms with Gasteiger partial charge in [-0.2, -0.15) is 15.0 Å². The van der Waals surface area contributed by atoms with Gasteiger partial charge in [-0.05, 0) is 18.6 Å². The van der Waals surface area contributed by atoms with Crippen LogP contribution in [0.25, 0.3) is 0 Å². The molecule has 0 amide bonds. The Morgan fingerprint density at radius 2 is 2.05 bits per heavy atom. The van der Waals surface area contributed by atoms with Gasteiger partial charge in [0.05, 0.1) is 6.61 Å². The lowest BCUT2D eigenvalue weighted by Crippen LogP contribution is -2.04. The van der Waals surface area contributed by atoms with Gasteiger partial charge in [0, 0.05) is 17.8 Å². The highest BCUT2D eigenvalue weighted by Gasteiger charge is 2.08. The molecular formula is C13H15ClN4OS. The summed E-state index contributed by atoms with van der Waals surface area (Å²) in [6.45, 7) is 2.40. The highest BCUT2D eigenvalue weighted by atomic mass is 35.5. The second-order valence-corrected chi connectivity index (χ2v) is 5.14. The first-order valence-corrected chi connectivity index (χ1v) is 7.52. The second kappa shape index (κ2) is 7.31. The van der Waals surface area contributed by atoms with Crippen LogP contribution < -0.4 is 10.1 Å². The molecule has 7 heteroatoms. The summed E-state index contributed by atoms with van der Waals surface area (Å²) in [5.74, 6) is 1.18. The van der Waals surface area contributed by atoms with Gasteiger partial charge in [0.25, 0.3) is 0 Å². The minimum absolute atomic E-state index is 0.327. The molecule has 1 aromatic carbocycles. The number of aromatic nitrogens is 3. The number of rotatable bonds is 6. The third-order valence-electron chi connectivity index (χ3n) is 2.41. The largest absolute Gasteiger partial charge is 0.464 e. The van der Waals surface area contributed by atoms with E-state index in [4.69, 9.17) is 16.3 Å². The molecule has 0 fully saturated rings. The van der Waals surface area contributed by atoms with E-state index in [1.54, 1.807) is 7.05 Å². The zero-order chi connectivity index (χ0) is 14.4. The molecule has 0 aliphatic rings. The van der Waals surface area contributed by atoms with E-state index in [0.717, 1.165) is 10.6 Å². The number of halogens is 1. The topological polar surface area (TPSA) is 59.9 Å². The normalized spacial score (nSPS) is 10.3. The first kappa shape index (κ1) is 14.9. The molecule has 0 saturated heterocycles. The first-order valence-electron chi connectivity index (χ1n) is 6.15. The van der Waals surface area contributed by atoms with Crippen molar-refractivity contribution in [2.75, 3.05) is 19.0 Å². The lowest BCUT2D eigenvalue weighted by molar-refractivity contribution is 0.308. The predicted molar refractivity (Wildman–Crippen MR) is 81.6 cm³/mol. The van der Waals surface area contributed by atoms with Crippen molar-refractivity contribution in [2.45, 2.75) is 17.8 Å². The van der Waals surface area contributed by atoms with Gasteiger partial charge in [-0.15, -0.1) is 0 Å². The number of hydrogen-bond acceptors (Lipinski definition) is 6. The van der Waals surface area contributed by atoms with Gasteiger partial charge in [-0.3, -0.25) is 0 Å². The van der Waals surface area contributed by atoms with Crippen molar-refractivity contribution < 1.29 is 4.74 Å². The van der Waals surface area contributed by atoms with Crippen LogP contribution in [-0.2, 0) is 5.75 Å². The molecule has 0 atom stereocenters. The summed E-state index contributed by atoms with van der Waals surface area (Å²) in [4.78, 5) is 12.7. The monoisotopic (exact) mass is 310 g/mol. The van der Waals surface area contributed by atoms with Gasteiger partial charge in [0.15, 0.2) is 5.16 Å². The third kappa shape index (κ3) is 3.98. The number of nitrogens with one attached hydrogen (secondary N) is 1. The lowest BCUT2D eigenvalue weighted by Gasteiger charge is -2.07. The molecule has 0 spiro atoms. The predicted octanol–water partition coefficient (Wildman–Crippen LogP) is 3.26. The molecule has 0 aliphatic carbocycles. The minimum atomic E-state index is 0.327. The Morgan fingerprint density at radius 1 is 1.25 bits per heavy atom. The molecule has 106 valence electrons.